The monoisotopic (exact) mass is 571 g/mol. The van der Waals surface area contributed by atoms with Gasteiger partial charge in [-0.15, -0.1) is 0 Å². The quantitative estimate of drug-likeness (QED) is 0.299. The number of fused-ring (bicyclic) bond motifs is 1. The van der Waals surface area contributed by atoms with Crippen LogP contribution in [0, 0.1) is 0 Å². The molecule has 1 atom stereocenters. The Morgan fingerprint density at radius 2 is 1.85 bits per heavy atom. The van der Waals surface area contributed by atoms with Crippen molar-refractivity contribution in [3.8, 4) is 22.8 Å². The number of carbonyl (C=O) groups is 1. The summed E-state index contributed by atoms with van der Waals surface area (Å²) in [5.74, 6) is 0.844. The molecule has 4 rings (SSSR count). The molecule has 0 spiro atoms. The zero-order chi connectivity index (χ0) is 28.3. The Morgan fingerprint density at radius 1 is 1.15 bits per heavy atom. The second-order valence-corrected chi connectivity index (χ2v) is 10.7. The summed E-state index contributed by atoms with van der Waals surface area (Å²) in [6.45, 7) is 5.37. The number of aromatic amines is 1. The average molecular weight is 573 g/mol. The number of anilines is 2. The predicted molar refractivity (Wildman–Crippen MR) is 159 cm³/mol. The van der Waals surface area contributed by atoms with Crippen LogP contribution in [-0.4, -0.2) is 69.5 Å². The highest BCUT2D eigenvalue weighted by Crippen LogP contribution is 2.48. The number of aromatic nitrogens is 2. The van der Waals surface area contributed by atoms with E-state index in [0.29, 0.717) is 33.7 Å². The number of amides is 1. The van der Waals surface area contributed by atoms with E-state index in [1.165, 1.54) is 6.08 Å². The third-order valence-corrected chi connectivity index (χ3v) is 7.97. The average Bonchev–Trinajstić information content (AvgIpc) is 3.35. The van der Waals surface area contributed by atoms with Crippen LogP contribution in [0.15, 0.2) is 36.9 Å². The summed E-state index contributed by atoms with van der Waals surface area (Å²) in [6, 6.07) is 7.77. The van der Waals surface area contributed by atoms with Crippen molar-refractivity contribution in [2.45, 2.75) is 25.2 Å². The molecule has 2 N–H and O–H groups in total. The molecule has 0 bridgehead atoms. The lowest BCUT2D eigenvalue weighted by Crippen LogP contribution is -2.28. The first-order valence-electron chi connectivity index (χ1n) is 12.8. The Kier molecular flexibility index (Phi) is 9.10. The fourth-order valence-corrected chi connectivity index (χ4v) is 5.79. The lowest BCUT2D eigenvalue weighted by molar-refractivity contribution is -0.111. The largest absolute Gasteiger partial charge is 0.495 e. The van der Waals surface area contributed by atoms with Crippen molar-refractivity contribution in [3.05, 3.63) is 63.8 Å². The Morgan fingerprint density at radius 3 is 2.46 bits per heavy atom. The summed E-state index contributed by atoms with van der Waals surface area (Å²) in [4.78, 5) is 16.6. The third-order valence-electron chi connectivity index (χ3n) is 7.19. The van der Waals surface area contributed by atoms with E-state index in [1.807, 2.05) is 33.3 Å². The second-order valence-electron chi connectivity index (χ2n) is 9.94. The van der Waals surface area contributed by atoms with Crippen molar-refractivity contribution in [2.24, 2.45) is 0 Å². The van der Waals surface area contributed by atoms with Gasteiger partial charge >= 0.3 is 0 Å². The fraction of sp³-hybridized carbons (Fsp3) is 0.379. The molecular formula is C29H35Cl2N5O3. The number of methoxy groups -OCH3 is 2. The van der Waals surface area contributed by atoms with Gasteiger partial charge in [-0.3, -0.25) is 9.89 Å². The molecule has 0 saturated carbocycles. The van der Waals surface area contributed by atoms with Gasteiger partial charge in [-0.05, 0) is 63.6 Å². The Hall–Kier alpha value is -3.20. The smallest absolute Gasteiger partial charge is 0.247 e. The van der Waals surface area contributed by atoms with E-state index in [0.717, 1.165) is 59.7 Å². The van der Waals surface area contributed by atoms with Crippen LogP contribution in [0.4, 0.5) is 11.4 Å². The number of halogens is 2. The van der Waals surface area contributed by atoms with Crippen LogP contribution in [0.25, 0.3) is 11.3 Å². The highest BCUT2D eigenvalue weighted by atomic mass is 35.5. The molecule has 1 aliphatic carbocycles. The first-order valence-corrected chi connectivity index (χ1v) is 13.5. The van der Waals surface area contributed by atoms with Gasteiger partial charge < -0.3 is 24.6 Å². The van der Waals surface area contributed by atoms with Crippen LogP contribution in [0.3, 0.4) is 0 Å². The Balaban J connectivity index is 1.68. The molecule has 0 fully saturated rings. The number of nitrogens with zero attached hydrogens (tertiary/aromatic N) is 3. The molecule has 3 aromatic rings. The summed E-state index contributed by atoms with van der Waals surface area (Å²) in [7, 11) is 9.28. The molecule has 39 heavy (non-hydrogen) atoms. The van der Waals surface area contributed by atoms with E-state index >= 15 is 0 Å². The number of hydrogen-bond donors (Lipinski definition) is 2. The number of hydrogen-bond acceptors (Lipinski definition) is 6. The molecule has 10 heteroatoms. The van der Waals surface area contributed by atoms with Crippen LogP contribution in [-0.2, 0) is 17.6 Å². The van der Waals surface area contributed by atoms with Crippen LogP contribution in [0.2, 0.25) is 10.0 Å². The van der Waals surface area contributed by atoms with Gasteiger partial charge in [0.1, 0.15) is 11.5 Å². The molecule has 0 radical (unpaired) electrons. The summed E-state index contributed by atoms with van der Waals surface area (Å²) in [5.41, 5.74) is 6.32. The van der Waals surface area contributed by atoms with Gasteiger partial charge in [-0.2, -0.15) is 5.10 Å². The molecule has 1 heterocycles. The number of rotatable bonds is 10. The fourth-order valence-electron chi connectivity index (χ4n) is 4.98. The minimum atomic E-state index is -0.273. The minimum Gasteiger partial charge on any atom is -0.495 e. The third kappa shape index (κ3) is 6.03. The number of ether oxygens (including phenoxy) is 2. The van der Waals surface area contributed by atoms with Gasteiger partial charge in [0.15, 0.2) is 0 Å². The molecule has 1 aliphatic rings. The van der Waals surface area contributed by atoms with Crippen molar-refractivity contribution < 1.29 is 14.3 Å². The maximum absolute atomic E-state index is 12.3. The number of H-pyrrole nitrogens is 1. The maximum atomic E-state index is 12.3. The highest BCUT2D eigenvalue weighted by Gasteiger charge is 2.31. The molecule has 8 nitrogen and oxygen atoms in total. The molecule has 0 aliphatic heterocycles. The van der Waals surface area contributed by atoms with Gasteiger partial charge in [0.05, 0.1) is 35.6 Å². The van der Waals surface area contributed by atoms with Crippen LogP contribution in [0.5, 0.6) is 11.5 Å². The predicted octanol–water partition coefficient (Wildman–Crippen LogP) is 5.80. The first-order chi connectivity index (χ1) is 18.7. The van der Waals surface area contributed by atoms with E-state index in [1.54, 1.807) is 20.3 Å². The standard InChI is InChI=1S/C29H35Cl2N5O3/c1-7-25(37)32-21-15-18(36(4)13-12-35(2)3)9-11-19(21)29-20-10-8-17(14-22(20)33-34-29)26-27(30)23(38-5)16-24(39-6)28(26)31/h7,9,11,15-17H,1,8,10,12-14H2,2-6H3,(H,32,37)(H,33,34)/t17-/m1/s1. The zero-order valence-electron chi connectivity index (χ0n) is 23.0. The van der Waals surface area contributed by atoms with Crippen molar-refractivity contribution >= 4 is 40.5 Å². The van der Waals surface area contributed by atoms with Crippen LogP contribution < -0.4 is 19.7 Å². The zero-order valence-corrected chi connectivity index (χ0v) is 24.5. The van der Waals surface area contributed by atoms with Crippen molar-refractivity contribution in [3.63, 3.8) is 0 Å². The molecule has 2 aromatic carbocycles. The van der Waals surface area contributed by atoms with Crippen molar-refractivity contribution in [1.29, 1.82) is 0 Å². The SMILES string of the molecule is C=CC(=O)Nc1cc(N(C)CCN(C)C)ccc1-c1n[nH]c2c1CC[C@@H](c1c(Cl)c(OC)cc(OC)c1Cl)C2. The lowest BCUT2D eigenvalue weighted by Gasteiger charge is -2.26. The first kappa shape index (κ1) is 28.8. The summed E-state index contributed by atoms with van der Waals surface area (Å²) in [6.07, 6.45) is 3.52. The molecule has 208 valence electrons. The molecule has 0 unspecified atom stereocenters. The van der Waals surface area contributed by atoms with Gasteiger partial charge in [0.2, 0.25) is 5.91 Å². The van der Waals surface area contributed by atoms with E-state index < -0.39 is 0 Å². The Bertz CT molecular complexity index is 1340. The lowest BCUT2D eigenvalue weighted by atomic mass is 9.81. The Labute approximate surface area is 239 Å². The summed E-state index contributed by atoms with van der Waals surface area (Å²) >= 11 is 13.4. The van der Waals surface area contributed by atoms with Crippen molar-refractivity contribution in [1.82, 2.24) is 15.1 Å². The summed E-state index contributed by atoms with van der Waals surface area (Å²) in [5, 5.41) is 11.9. The normalized spacial score (nSPS) is 14.6. The van der Waals surface area contributed by atoms with E-state index in [2.05, 4.69) is 32.9 Å². The van der Waals surface area contributed by atoms with E-state index in [-0.39, 0.29) is 11.8 Å². The van der Waals surface area contributed by atoms with Gasteiger partial charge in [0, 0.05) is 54.3 Å². The highest BCUT2D eigenvalue weighted by molar-refractivity contribution is 6.38. The van der Waals surface area contributed by atoms with Gasteiger partial charge in [-0.25, -0.2) is 0 Å². The molecule has 1 amide bonds. The van der Waals surface area contributed by atoms with Crippen LogP contribution in [0.1, 0.15) is 29.2 Å². The van der Waals surface area contributed by atoms with E-state index in [9.17, 15) is 4.79 Å². The number of nitrogens with one attached hydrogen (secondary N) is 2. The topological polar surface area (TPSA) is 82.7 Å². The second kappa shape index (κ2) is 12.3. The number of benzene rings is 2. The summed E-state index contributed by atoms with van der Waals surface area (Å²) < 4.78 is 10.9. The van der Waals surface area contributed by atoms with E-state index in [4.69, 9.17) is 37.8 Å². The maximum Gasteiger partial charge on any atom is 0.247 e. The molecule has 0 saturated heterocycles. The molecular weight excluding hydrogens is 537 g/mol. The number of likely N-dealkylation sites (N-methyl/N-ethyl adjacent to an activating group) is 2. The van der Waals surface area contributed by atoms with Gasteiger partial charge in [-0.1, -0.05) is 29.8 Å². The molecule has 1 aromatic heterocycles. The number of carbonyl (C=O) groups excluding carboxylic acids is 1. The van der Waals surface area contributed by atoms with Gasteiger partial charge in [0.25, 0.3) is 0 Å². The minimum absolute atomic E-state index is 0.0578. The van der Waals surface area contributed by atoms with Crippen molar-refractivity contribution in [2.75, 3.05) is 58.7 Å². The van der Waals surface area contributed by atoms with Crippen LogP contribution >= 0.6 is 23.2 Å².